The molecular weight excluding hydrogens is 200 g/mol. The van der Waals surface area contributed by atoms with Crippen LogP contribution in [0.2, 0.25) is 0 Å². The molecule has 0 heterocycles. The first-order valence-electron chi connectivity index (χ1n) is 6.60. The standard InChI is InChI=1S/C14H22O2/c1-2-14(15)16-10-12-9-8-11-6-4-3-5-7-13(11)12/h2,11-13H,1,3-10H2. The Hall–Kier alpha value is -0.790. The maximum atomic E-state index is 11.1. The van der Waals surface area contributed by atoms with E-state index in [0.29, 0.717) is 12.5 Å². The summed E-state index contributed by atoms with van der Waals surface area (Å²) in [5, 5.41) is 0. The van der Waals surface area contributed by atoms with Gasteiger partial charge in [-0.05, 0) is 37.0 Å². The minimum absolute atomic E-state index is 0.267. The third-order valence-corrected chi connectivity index (χ3v) is 4.34. The Morgan fingerprint density at radius 3 is 2.81 bits per heavy atom. The summed E-state index contributed by atoms with van der Waals surface area (Å²) < 4.78 is 5.21. The average Bonchev–Trinajstić information content (AvgIpc) is 2.54. The lowest BCUT2D eigenvalue weighted by Gasteiger charge is -2.22. The van der Waals surface area contributed by atoms with Gasteiger partial charge in [0.25, 0.3) is 0 Å². The molecule has 3 atom stereocenters. The van der Waals surface area contributed by atoms with E-state index in [4.69, 9.17) is 4.74 Å². The van der Waals surface area contributed by atoms with Gasteiger partial charge in [0.05, 0.1) is 6.61 Å². The smallest absolute Gasteiger partial charge is 0.330 e. The molecule has 0 saturated heterocycles. The number of esters is 1. The SMILES string of the molecule is C=CC(=O)OCC1CCC2CCCCCC21. The molecule has 0 N–H and O–H groups in total. The Labute approximate surface area is 98.1 Å². The molecule has 0 aromatic rings. The minimum Gasteiger partial charge on any atom is -0.462 e. The fraction of sp³-hybridized carbons (Fsp3) is 0.786. The van der Waals surface area contributed by atoms with Crippen LogP contribution in [0.5, 0.6) is 0 Å². The molecule has 2 fully saturated rings. The summed E-state index contributed by atoms with van der Waals surface area (Å²) in [6.45, 7) is 4.04. The van der Waals surface area contributed by atoms with Crippen LogP contribution in [0.25, 0.3) is 0 Å². The first kappa shape index (κ1) is 11.7. The van der Waals surface area contributed by atoms with Crippen molar-refractivity contribution < 1.29 is 9.53 Å². The molecular formula is C14H22O2. The molecule has 2 aliphatic carbocycles. The largest absolute Gasteiger partial charge is 0.462 e. The van der Waals surface area contributed by atoms with Crippen LogP contribution in [0.4, 0.5) is 0 Å². The molecule has 0 bridgehead atoms. The Balaban J connectivity index is 1.85. The fourth-order valence-electron chi connectivity index (χ4n) is 3.49. The first-order valence-corrected chi connectivity index (χ1v) is 6.60. The second-order valence-corrected chi connectivity index (χ2v) is 5.23. The molecule has 3 unspecified atom stereocenters. The van der Waals surface area contributed by atoms with Gasteiger partial charge in [0, 0.05) is 6.08 Å². The van der Waals surface area contributed by atoms with Crippen molar-refractivity contribution in [1.82, 2.24) is 0 Å². The highest BCUT2D eigenvalue weighted by Gasteiger charge is 2.36. The summed E-state index contributed by atoms with van der Waals surface area (Å²) in [6, 6.07) is 0. The van der Waals surface area contributed by atoms with E-state index in [0.717, 1.165) is 11.8 Å². The normalized spacial score (nSPS) is 33.9. The third-order valence-electron chi connectivity index (χ3n) is 4.34. The fourth-order valence-corrected chi connectivity index (χ4v) is 3.49. The van der Waals surface area contributed by atoms with Gasteiger partial charge in [-0.25, -0.2) is 4.79 Å². The van der Waals surface area contributed by atoms with E-state index in [1.165, 1.54) is 51.0 Å². The molecule has 2 rings (SSSR count). The summed E-state index contributed by atoms with van der Waals surface area (Å²) >= 11 is 0. The number of carbonyl (C=O) groups is 1. The minimum atomic E-state index is -0.267. The molecule has 2 saturated carbocycles. The molecule has 0 amide bonds. The molecule has 2 aliphatic rings. The van der Waals surface area contributed by atoms with Crippen molar-refractivity contribution in [3.8, 4) is 0 Å². The van der Waals surface area contributed by atoms with Crippen molar-refractivity contribution in [1.29, 1.82) is 0 Å². The summed E-state index contributed by atoms with van der Waals surface area (Å²) in [6.07, 6.45) is 10.8. The van der Waals surface area contributed by atoms with Crippen LogP contribution in [0.3, 0.4) is 0 Å². The van der Waals surface area contributed by atoms with Crippen molar-refractivity contribution in [3.05, 3.63) is 12.7 Å². The zero-order valence-corrected chi connectivity index (χ0v) is 9.99. The predicted octanol–water partition coefficient (Wildman–Crippen LogP) is 3.32. The van der Waals surface area contributed by atoms with Gasteiger partial charge in [0.1, 0.15) is 0 Å². The van der Waals surface area contributed by atoms with Gasteiger partial charge in [-0.1, -0.05) is 32.3 Å². The number of hydrogen-bond donors (Lipinski definition) is 0. The van der Waals surface area contributed by atoms with Gasteiger partial charge in [-0.2, -0.15) is 0 Å². The molecule has 0 aliphatic heterocycles. The molecule has 16 heavy (non-hydrogen) atoms. The van der Waals surface area contributed by atoms with Gasteiger partial charge in [0.15, 0.2) is 0 Å². The van der Waals surface area contributed by atoms with Gasteiger partial charge in [-0.15, -0.1) is 0 Å². The summed E-state index contributed by atoms with van der Waals surface area (Å²) in [5.41, 5.74) is 0. The monoisotopic (exact) mass is 222 g/mol. The second kappa shape index (κ2) is 5.51. The van der Waals surface area contributed by atoms with E-state index < -0.39 is 0 Å². The number of hydrogen-bond acceptors (Lipinski definition) is 2. The second-order valence-electron chi connectivity index (χ2n) is 5.23. The van der Waals surface area contributed by atoms with E-state index in [-0.39, 0.29) is 5.97 Å². The van der Waals surface area contributed by atoms with Crippen molar-refractivity contribution in [2.45, 2.75) is 44.9 Å². The first-order chi connectivity index (χ1) is 7.81. The highest BCUT2D eigenvalue weighted by Crippen LogP contribution is 2.44. The van der Waals surface area contributed by atoms with E-state index in [1.54, 1.807) is 0 Å². The number of rotatable bonds is 3. The third kappa shape index (κ3) is 2.66. The van der Waals surface area contributed by atoms with Crippen LogP contribution in [0.15, 0.2) is 12.7 Å². The van der Waals surface area contributed by atoms with Crippen molar-refractivity contribution in [3.63, 3.8) is 0 Å². The van der Waals surface area contributed by atoms with Crippen LogP contribution in [0.1, 0.15) is 44.9 Å². The quantitative estimate of drug-likeness (QED) is 0.541. The zero-order valence-electron chi connectivity index (χ0n) is 9.99. The average molecular weight is 222 g/mol. The van der Waals surface area contributed by atoms with E-state index in [1.807, 2.05) is 0 Å². The number of fused-ring (bicyclic) bond motifs is 1. The Morgan fingerprint density at radius 2 is 2.00 bits per heavy atom. The summed E-state index contributed by atoms with van der Waals surface area (Å²) in [4.78, 5) is 11.1. The lowest BCUT2D eigenvalue weighted by atomic mass is 9.86. The van der Waals surface area contributed by atoms with Crippen molar-refractivity contribution in [2.75, 3.05) is 6.61 Å². The number of carbonyl (C=O) groups excluding carboxylic acids is 1. The topological polar surface area (TPSA) is 26.3 Å². The van der Waals surface area contributed by atoms with Gasteiger partial charge >= 0.3 is 5.97 Å². The zero-order chi connectivity index (χ0) is 11.4. The lowest BCUT2D eigenvalue weighted by Crippen LogP contribution is -2.19. The Bertz CT molecular complexity index is 259. The van der Waals surface area contributed by atoms with Crippen LogP contribution in [0, 0.1) is 17.8 Å². The lowest BCUT2D eigenvalue weighted by molar-refractivity contribution is -0.139. The Morgan fingerprint density at radius 1 is 1.19 bits per heavy atom. The molecule has 0 aromatic carbocycles. The Kier molecular flexibility index (Phi) is 4.03. The van der Waals surface area contributed by atoms with Gasteiger partial charge in [0.2, 0.25) is 0 Å². The molecule has 2 heteroatoms. The molecule has 0 aromatic heterocycles. The molecule has 2 nitrogen and oxygen atoms in total. The van der Waals surface area contributed by atoms with Crippen molar-refractivity contribution in [2.24, 2.45) is 17.8 Å². The van der Waals surface area contributed by atoms with E-state index >= 15 is 0 Å². The summed E-state index contributed by atoms with van der Waals surface area (Å²) in [5.74, 6) is 2.08. The van der Waals surface area contributed by atoms with Gasteiger partial charge in [-0.3, -0.25) is 0 Å². The molecule has 90 valence electrons. The van der Waals surface area contributed by atoms with Crippen LogP contribution in [-0.2, 0) is 9.53 Å². The van der Waals surface area contributed by atoms with Crippen LogP contribution in [-0.4, -0.2) is 12.6 Å². The number of ether oxygens (including phenoxy) is 1. The maximum Gasteiger partial charge on any atom is 0.330 e. The van der Waals surface area contributed by atoms with E-state index in [2.05, 4.69) is 6.58 Å². The van der Waals surface area contributed by atoms with Gasteiger partial charge < -0.3 is 4.74 Å². The van der Waals surface area contributed by atoms with Crippen LogP contribution < -0.4 is 0 Å². The predicted molar refractivity (Wildman–Crippen MR) is 63.9 cm³/mol. The maximum absolute atomic E-state index is 11.1. The highest BCUT2D eigenvalue weighted by molar-refractivity contribution is 5.81. The highest BCUT2D eigenvalue weighted by atomic mass is 16.5. The van der Waals surface area contributed by atoms with Crippen molar-refractivity contribution >= 4 is 5.97 Å². The van der Waals surface area contributed by atoms with E-state index in [9.17, 15) is 4.79 Å². The molecule has 0 spiro atoms. The summed E-state index contributed by atoms with van der Waals surface area (Å²) in [7, 11) is 0. The molecule has 0 radical (unpaired) electrons. The van der Waals surface area contributed by atoms with Crippen LogP contribution >= 0.6 is 0 Å².